The molecule has 14 heavy (non-hydrogen) atoms. The predicted molar refractivity (Wildman–Crippen MR) is 52.1 cm³/mol. The Morgan fingerprint density at radius 1 is 1.21 bits per heavy atom. The van der Waals surface area contributed by atoms with Crippen LogP contribution in [-0.2, 0) is 0 Å². The smallest absolute Gasteiger partial charge is 0.313 e. The average Bonchev–Trinajstić information content (AvgIpc) is 2.65. The third kappa shape index (κ3) is 1.43. The molecule has 2 N–H and O–H groups in total. The fraction of sp³-hybridized carbons (Fsp3) is 0. The largest absolute Gasteiger partial charge is 0.404 e. The van der Waals surface area contributed by atoms with Gasteiger partial charge in [-0.25, -0.2) is 0 Å². The van der Waals surface area contributed by atoms with Gasteiger partial charge in [-0.2, -0.15) is 0 Å². The van der Waals surface area contributed by atoms with Gasteiger partial charge in [0.1, 0.15) is 0 Å². The summed E-state index contributed by atoms with van der Waals surface area (Å²) in [7, 11) is 0. The second-order valence-corrected chi connectivity index (χ2v) is 2.67. The first-order valence-electron chi connectivity index (χ1n) is 3.95. The number of terminal acetylenes is 1. The van der Waals surface area contributed by atoms with Crippen molar-refractivity contribution in [1.29, 1.82) is 0 Å². The molecule has 0 fully saturated rings. The van der Waals surface area contributed by atoms with Crippen LogP contribution in [0.3, 0.4) is 0 Å². The van der Waals surface area contributed by atoms with E-state index in [0.29, 0.717) is 5.89 Å². The first kappa shape index (κ1) is 8.32. The maximum Gasteiger partial charge on any atom is 0.313 e. The fourth-order valence-corrected chi connectivity index (χ4v) is 1.06. The molecule has 2 aromatic rings. The van der Waals surface area contributed by atoms with Gasteiger partial charge in [-0.1, -0.05) is 11.0 Å². The molecule has 0 aliphatic carbocycles. The molecule has 0 amide bonds. The molecule has 1 aromatic carbocycles. The zero-order valence-corrected chi connectivity index (χ0v) is 7.27. The van der Waals surface area contributed by atoms with Gasteiger partial charge in [-0.3, -0.25) is 0 Å². The Morgan fingerprint density at radius 2 is 1.93 bits per heavy atom. The maximum absolute atomic E-state index is 5.30. The predicted octanol–water partition coefficient (Wildman–Crippen LogP) is 1.30. The topological polar surface area (TPSA) is 64.9 Å². The highest BCUT2D eigenvalue weighted by Crippen LogP contribution is 2.18. The van der Waals surface area contributed by atoms with Crippen LogP contribution in [0.2, 0.25) is 0 Å². The monoisotopic (exact) mass is 185 g/mol. The number of anilines is 1. The summed E-state index contributed by atoms with van der Waals surface area (Å²) >= 11 is 0. The number of hydrogen-bond donors (Lipinski definition) is 1. The molecule has 1 aromatic heterocycles. The number of hydrogen-bond acceptors (Lipinski definition) is 4. The van der Waals surface area contributed by atoms with Crippen molar-refractivity contribution in [3.63, 3.8) is 0 Å². The fourth-order valence-electron chi connectivity index (χ4n) is 1.06. The number of nitrogen functional groups attached to an aromatic ring is 1. The molecular weight excluding hydrogens is 178 g/mol. The lowest BCUT2D eigenvalue weighted by molar-refractivity contribution is 0.590. The van der Waals surface area contributed by atoms with Crippen molar-refractivity contribution in [2.75, 3.05) is 5.73 Å². The Bertz CT molecular complexity index is 479. The van der Waals surface area contributed by atoms with Crippen molar-refractivity contribution in [1.82, 2.24) is 10.2 Å². The summed E-state index contributed by atoms with van der Waals surface area (Å²) in [6, 6.07) is 7.27. The van der Waals surface area contributed by atoms with Crippen LogP contribution < -0.4 is 5.73 Å². The van der Waals surface area contributed by atoms with E-state index in [1.165, 1.54) is 0 Å². The maximum atomic E-state index is 5.30. The SMILES string of the molecule is C#Cc1ccc(-c2nnc(N)o2)cc1. The minimum atomic E-state index is 0.0565. The molecule has 1 heterocycles. The number of nitrogens with two attached hydrogens (primary N) is 1. The molecule has 0 spiro atoms. The van der Waals surface area contributed by atoms with Crippen molar-refractivity contribution in [3.05, 3.63) is 29.8 Å². The van der Waals surface area contributed by atoms with E-state index in [1.54, 1.807) is 12.1 Å². The van der Waals surface area contributed by atoms with E-state index < -0.39 is 0 Å². The van der Waals surface area contributed by atoms with Gasteiger partial charge in [-0.15, -0.1) is 11.5 Å². The second-order valence-electron chi connectivity index (χ2n) is 2.67. The zero-order chi connectivity index (χ0) is 9.97. The van der Waals surface area contributed by atoms with E-state index in [2.05, 4.69) is 16.1 Å². The summed E-state index contributed by atoms with van der Waals surface area (Å²) in [6.45, 7) is 0. The third-order valence-corrected chi connectivity index (χ3v) is 1.74. The van der Waals surface area contributed by atoms with E-state index >= 15 is 0 Å². The van der Waals surface area contributed by atoms with Crippen molar-refractivity contribution in [3.8, 4) is 23.8 Å². The lowest BCUT2D eigenvalue weighted by Gasteiger charge is -1.93. The third-order valence-electron chi connectivity index (χ3n) is 1.74. The molecule has 4 nitrogen and oxygen atoms in total. The zero-order valence-electron chi connectivity index (χ0n) is 7.27. The first-order valence-corrected chi connectivity index (χ1v) is 3.95. The summed E-state index contributed by atoms with van der Waals surface area (Å²) in [5.74, 6) is 2.91. The highest BCUT2D eigenvalue weighted by atomic mass is 16.4. The summed E-state index contributed by atoms with van der Waals surface area (Å²) in [6.07, 6.45) is 5.22. The van der Waals surface area contributed by atoms with Crippen molar-refractivity contribution < 1.29 is 4.42 Å². The van der Waals surface area contributed by atoms with E-state index in [4.69, 9.17) is 16.6 Å². The van der Waals surface area contributed by atoms with Crippen LogP contribution in [0.5, 0.6) is 0 Å². The Labute approximate surface area is 80.8 Å². The quantitative estimate of drug-likeness (QED) is 0.680. The van der Waals surface area contributed by atoms with E-state index in [9.17, 15) is 0 Å². The van der Waals surface area contributed by atoms with Crippen molar-refractivity contribution in [2.24, 2.45) is 0 Å². The summed E-state index contributed by atoms with van der Waals surface area (Å²) < 4.78 is 5.05. The van der Waals surface area contributed by atoms with Crippen molar-refractivity contribution >= 4 is 6.01 Å². The van der Waals surface area contributed by atoms with Crippen LogP contribution in [0.1, 0.15) is 5.56 Å². The highest BCUT2D eigenvalue weighted by Gasteiger charge is 2.04. The Kier molecular flexibility index (Phi) is 1.92. The first-order chi connectivity index (χ1) is 6.79. The van der Waals surface area contributed by atoms with Gasteiger partial charge >= 0.3 is 6.01 Å². The van der Waals surface area contributed by atoms with Crippen LogP contribution in [0.25, 0.3) is 11.5 Å². The van der Waals surface area contributed by atoms with Gasteiger partial charge < -0.3 is 10.2 Å². The number of rotatable bonds is 1. The summed E-state index contributed by atoms with van der Waals surface area (Å²) in [5.41, 5.74) is 6.91. The minimum Gasteiger partial charge on any atom is -0.404 e. The molecule has 0 atom stereocenters. The minimum absolute atomic E-state index is 0.0565. The van der Waals surface area contributed by atoms with Gasteiger partial charge in [0.05, 0.1) is 0 Å². The standard InChI is InChI=1S/C10H7N3O/c1-2-7-3-5-8(6-4-7)9-12-13-10(11)14-9/h1,3-6H,(H2,11,13). The highest BCUT2D eigenvalue weighted by molar-refractivity contribution is 5.55. The molecule has 0 bridgehead atoms. The molecule has 0 aliphatic heterocycles. The van der Waals surface area contributed by atoms with Gasteiger partial charge in [-0.05, 0) is 24.3 Å². The van der Waals surface area contributed by atoms with Crippen LogP contribution in [0.15, 0.2) is 28.7 Å². The van der Waals surface area contributed by atoms with E-state index in [-0.39, 0.29) is 6.01 Å². The molecule has 0 unspecified atom stereocenters. The van der Waals surface area contributed by atoms with Gasteiger partial charge in [0.2, 0.25) is 5.89 Å². The average molecular weight is 185 g/mol. The molecule has 0 saturated heterocycles. The van der Waals surface area contributed by atoms with Crippen LogP contribution in [0.4, 0.5) is 6.01 Å². The van der Waals surface area contributed by atoms with E-state index in [0.717, 1.165) is 11.1 Å². The molecule has 68 valence electrons. The number of aromatic nitrogens is 2. The number of nitrogens with zero attached hydrogens (tertiary/aromatic N) is 2. The molecule has 2 rings (SSSR count). The Balaban J connectivity index is 2.39. The van der Waals surface area contributed by atoms with Gasteiger partial charge in [0.15, 0.2) is 0 Å². The van der Waals surface area contributed by atoms with Crippen molar-refractivity contribution in [2.45, 2.75) is 0 Å². The molecule has 0 aliphatic rings. The van der Waals surface area contributed by atoms with Crippen LogP contribution >= 0.6 is 0 Å². The lowest BCUT2D eigenvalue weighted by atomic mass is 10.1. The molecule has 0 saturated carbocycles. The molecular formula is C10H7N3O. The van der Waals surface area contributed by atoms with Gasteiger partial charge in [0.25, 0.3) is 0 Å². The second kappa shape index (κ2) is 3.23. The summed E-state index contributed by atoms with van der Waals surface area (Å²) in [5, 5.41) is 7.30. The molecule has 4 heteroatoms. The normalized spacial score (nSPS) is 9.64. The van der Waals surface area contributed by atoms with E-state index in [1.807, 2.05) is 12.1 Å². The Morgan fingerprint density at radius 3 is 2.43 bits per heavy atom. The van der Waals surface area contributed by atoms with Gasteiger partial charge in [0, 0.05) is 11.1 Å². The van der Waals surface area contributed by atoms with Crippen LogP contribution in [-0.4, -0.2) is 10.2 Å². The lowest BCUT2D eigenvalue weighted by Crippen LogP contribution is -1.81. The summed E-state index contributed by atoms with van der Waals surface area (Å²) in [4.78, 5) is 0. The van der Waals surface area contributed by atoms with Crippen LogP contribution in [0, 0.1) is 12.3 Å². The Hall–Kier alpha value is -2.28. The number of benzene rings is 1. The molecule has 0 radical (unpaired) electrons.